The molecule has 0 aliphatic carbocycles. The standard InChI is InChI=1S/C12H15NO4/c1-7-5-8(3-4-10(7)17-2)12(16)9(13)6-11(14)15/h3-5,9H,6,13H2,1-2H3,(H,14,15). The van der Waals surface area contributed by atoms with Gasteiger partial charge in [0.15, 0.2) is 5.78 Å². The number of carbonyl (C=O) groups is 2. The number of hydrogen-bond acceptors (Lipinski definition) is 4. The van der Waals surface area contributed by atoms with Crippen LogP contribution < -0.4 is 10.5 Å². The highest BCUT2D eigenvalue weighted by molar-refractivity contribution is 6.01. The van der Waals surface area contributed by atoms with Gasteiger partial charge in [-0.1, -0.05) is 0 Å². The van der Waals surface area contributed by atoms with E-state index in [4.69, 9.17) is 15.6 Å². The smallest absolute Gasteiger partial charge is 0.305 e. The van der Waals surface area contributed by atoms with Gasteiger partial charge in [0.1, 0.15) is 5.75 Å². The number of Topliss-reactive ketones (excluding diaryl/α,β-unsaturated/α-hetero) is 1. The van der Waals surface area contributed by atoms with Gasteiger partial charge in [-0.25, -0.2) is 0 Å². The van der Waals surface area contributed by atoms with E-state index in [1.807, 2.05) is 0 Å². The molecule has 0 bridgehead atoms. The topological polar surface area (TPSA) is 89.6 Å². The molecule has 5 heteroatoms. The third-order valence-electron chi connectivity index (χ3n) is 2.41. The second-order valence-corrected chi connectivity index (χ2v) is 3.75. The van der Waals surface area contributed by atoms with Gasteiger partial charge in [0.2, 0.25) is 0 Å². The van der Waals surface area contributed by atoms with Crippen LogP contribution in [0.1, 0.15) is 22.3 Å². The normalized spacial score (nSPS) is 11.9. The number of carbonyl (C=O) groups excluding carboxylic acids is 1. The highest BCUT2D eigenvalue weighted by Crippen LogP contribution is 2.19. The van der Waals surface area contributed by atoms with Crippen LogP contribution in [0, 0.1) is 6.92 Å². The molecule has 0 saturated carbocycles. The number of nitrogens with two attached hydrogens (primary N) is 1. The summed E-state index contributed by atoms with van der Waals surface area (Å²) in [5.41, 5.74) is 6.72. The highest BCUT2D eigenvalue weighted by atomic mass is 16.5. The monoisotopic (exact) mass is 237 g/mol. The van der Waals surface area contributed by atoms with E-state index in [-0.39, 0.29) is 12.2 Å². The fourth-order valence-corrected chi connectivity index (χ4v) is 1.53. The van der Waals surface area contributed by atoms with Crippen molar-refractivity contribution in [1.29, 1.82) is 0 Å². The number of methoxy groups -OCH3 is 1. The Balaban J connectivity index is 2.89. The average molecular weight is 237 g/mol. The third-order valence-corrected chi connectivity index (χ3v) is 2.41. The summed E-state index contributed by atoms with van der Waals surface area (Å²) in [4.78, 5) is 22.3. The minimum Gasteiger partial charge on any atom is -0.496 e. The summed E-state index contributed by atoms with van der Waals surface area (Å²) in [5.74, 6) is -0.789. The molecular weight excluding hydrogens is 222 g/mol. The molecule has 5 nitrogen and oxygen atoms in total. The van der Waals surface area contributed by atoms with Crippen LogP contribution in [-0.4, -0.2) is 30.0 Å². The summed E-state index contributed by atoms with van der Waals surface area (Å²) in [5, 5.41) is 8.56. The van der Waals surface area contributed by atoms with Crippen LogP contribution in [-0.2, 0) is 4.79 Å². The van der Waals surface area contributed by atoms with Gasteiger partial charge in [0.25, 0.3) is 0 Å². The molecule has 1 aromatic carbocycles. The first-order valence-corrected chi connectivity index (χ1v) is 5.12. The molecule has 1 atom stereocenters. The van der Waals surface area contributed by atoms with E-state index in [0.29, 0.717) is 11.3 Å². The Bertz CT molecular complexity index is 442. The predicted molar refractivity (Wildman–Crippen MR) is 62.3 cm³/mol. The van der Waals surface area contributed by atoms with Crippen molar-refractivity contribution < 1.29 is 19.4 Å². The molecule has 17 heavy (non-hydrogen) atoms. The highest BCUT2D eigenvalue weighted by Gasteiger charge is 2.19. The van der Waals surface area contributed by atoms with Crippen molar-refractivity contribution >= 4 is 11.8 Å². The quantitative estimate of drug-likeness (QED) is 0.745. The molecule has 92 valence electrons. The van der Waals surface area contributed by atoms with Gasteiger partial charge >= 0.3 is 5.97 Å². The van der Waals surface area contributed by atoms with Crippen molar-refractivity contribution in [3.63, 3.8) is 0 Å². The van der Waals surface area contributed by atoms with Gasteiger partial charge in [-0.3, -0.25) is 9.59 Å². The van der Waals surface area contributed by atoms with E-state index < -0.39 is 12.0 Å². The fraction of sp³-hybridized carbons (Fsp3) is 0.333. The van der Waals surface area contributed by atoms with Gasteiger partial charge < -0.3 is 15.6 Å². The Labute approximate surface area is 99.2 Å². The molecule has 0 spiro atoms. The van der Waals surface area contributed by atoms with E-state index in [9.17, 15) is 9.59 Å². The van der Waals surface area contributed by atoms with Gasteiger partial charge in [0.05, 0.1) is 19.6 Å². The molecule has 1 unspecified atom stereocenters. The summed E-state index contributed by atoms with van der Waals surface area (Å²) in [6, 6.07) is 3.87. The zero-order valence-electron chi connectivity index (χ0n) is 9.77. The molecule has 0 amide bonds. The SMILES string of the molecule is COc1ccc(C(=O)C(N)CC(=O)O)cc1C. The van der Waals surface area contributed by atoms with Gasteiger partial charge in [-0.15, -0.1) is 0 Å². The molecule has 3 N–H and O–H groups in total. The summed E-state index contributed by atoms with van der Waals surface area (Å²) in [7, 11) is 1.54. The number of benzene rings is 1. The van der Waals surface area contributed by atoms with Crippen molar-refractivity contribution in [2.75, 3.05) is 7.11 Å². The van der Waals surface area contributed by atoms with Crippen LogP contribution in [0.25, 0.3) is 0 Å². The number of aliphatic carboxylic acids is 1. The summed E-state index contributed by atoms with van der Waals surface area (Å²) in [6.45, 7) is 1.80. The molecule has 0 aliphatic heterocycles. The summed E-state index contributed by atoms with van der Waals surface area (Å²) < 4.78 is 5.07. The van der Waals surface area contributed by atoms with Crippen molar-refractivity contribution in [3.8, 4) is 5.75 Å². The second kappa shape index (κ2) is 5.45. The molecule has 0 aromatic heterocycles. The Morgan fingerprint density at radius 1 is 1.47 bits per heavy atom. The molecule has 0 aliphatic rings. The molecule has 1 rings (SSSR count). The Kier molecular flexibility index (Phi) is 4.23. The van der Waals surface area contributed by atoms with Crippen LogP contribution >= 0.6 is 0 Å². The van der Waals surface area contributed by atoms with E-state index in [0.717, 1.165) is 5.56 Å². The maximum Gasteiger partial charge on any atom is 0.305 e. The van der Waals surface area contributed by atoms with Gasteiger partial charge in [-0.05, 0) is 30.7 Å². The summed E-state index contributed by atoms with van der Waals surface area (Å²) >= 11 is 0. The third kappa shape index (κ3) is 3.29. The number of aryl methyl sites for hydroxylation is 1. The lowest BCUT2D eigenvalue weighted by atomic mass is 10.0. The zero-order chi connectivity index (χ0) is 13.0. The number of ketones is 1. The van der Waals surface area contributed by atoms with E-state index >= 15 is 0 Å². The number of rotatable bonds is 5. The van der Waals surface area contributed by atoms with Gasteiger partial charge in [-0.2, -0.15) is 0 Å². The first kappa shape index (κ1) is 13.2. The minimum absolute atomic E-state index is 0.371. The van der Waals surface area contributed by atoms with Crippen molar-refractivity contribution in [1.82, 2.24) is 0 Å². The molecule has 0 saturated heterocycles. The Morgan fingerprint density at radius 3 is 2.59 bits per heavy atom. The lowest BCUT2D eigenvalue weighted by molar-refractivity contribution is -0.137. The van der Waals surface area contributed by atoms with Crippen LogP contribution in [0.4, 0.5) is 0 Å². The van der Waals surface area contributed by atoms with Gasteiger partial charge in [0, 0.05) is 5.56 Å². The minimum atomic E-state index is -1.09. The van der Waals surface area contributed by atoms with Crippen LogP contribution in [0.2, 0.25) is 0 Å². The fourth-order valence-electron chi connectivity index (χ4n) is 1.53. The maximum absolute atomic E-state index is 11.8. The second-order valence-electron chi connectivity index (χ2n) is 3.75. The zero-order valence-corrected chi connectivity index (χ0v) is 9.77. The first-order valence-electron chi connectivity index (χ1n) is 5.12. The lowest BCUT2D eigenvalue weighted by Crippen LogP contribution is -2.32. The van der Waals surface area contributed by atoms with Crippen molar-refractivity contribution in [2.45, 2.75) is 19.4 Å². The Morgan fingerprint density at radius 2 is 2.12 bits per heavy atom. The van der Waals surface area contributed by atoms with E-state index in [1.165, 1.54) is 0 Å². The number of carboxylic acid groups (broad SMARTS) is 1. The van der Waals surface area contributed by atoms with Crippen LogP contribution in [0.3, 0.4) is 0 Å². The number of carboxylic acids is 1. The van der Waals surface area contributed by atoms with E-state index in [1.54, 1.807) is 32.2 Å². The molecule has 0 radical (unpaired) electrons. The first-order chi connectivity index (χ1) is 7.95. The summed E-state index contributed by atoms with van der Waals surface area (Å²) in [6.07, 6.45) is -0.371. The molecule has 0 fully saturated rings. The van der Waals surface area contributed by atoms with Crippen molar-refractivity contribution in [3.05, 3.63) is 29.3 Å². The Hall–Kier alpha value is -1.88. The lowest BCUT2D eigenvalue weighted by Gasteiger charge is -2.10. The number of ether oxygens (including phenoxy) is 1. The largest absolute Gasteiger partial charge is 0.496 e. The molecule has 1 aromatic rings. The number of hydrogen-bond donors (Lipinski definition) is 2. The van der Waals surface area contributed by atoms with Crippen LogP contribution in [0.5, 0.6) is 5.75 Å². The van der Waals surface area contributed by atoms with Crippen molar-refractivity contribution in [2.24, 2.45) is 5.73 Å². The predicted octanol–water partition coefficient (Wildman–Crippen LogP) is 0.988. The molecule has 0 heterocycles. The molecular formula is C12H15NO4. The average Bonchev–Trinajstić information content (AvgIpc) is 2.27. The van der Waals surface area contributed by atoms with E-state index in [2.05, 4.69) is 0 Å². The maximum atomic E-state index is 11.8. The van der Waals surface area contributed by atoms with Crippen LogP contribution in [0.15, 0.2) is 18.2 Å².